The first-order valence-corrected chi connectivity index (χ1v) is 8.83. The number of nitrogens with one attached hydrogen (secondary N) is 1. The van der Waals surface area contributed by atoms with Gasteiger partial charge in [0.15, 0.2) is 0 Å². The lowest BCUT2D eigenvalue weighted by atomic mass is 10.0. The Labute approximate surface area is 157 Å². The summed E-state index contributed by atoms with van der Waals surface area (Å²) in [5, 5.41) is 3.58. The molecule has 1 aromatic carbocycles. The van der Waals surface area contributed by atoms with Crippen LogP contribution in [0.2, 0.25) is 0 Å². The molecule has 0 saturated heterocycles. The number of hydrogen-bond acceptors (Lipinski definition) is 5. The summed E-state index contributed by atoms with van der Waals surface area (Å²) in [6.07, 6.45) is 6.09. The predicted octanol–water partition coefficient (Wildman–Crippen LogP) is 2.36. The molecule has 0 radical (unpaired) electrons. The molecule has 1 N–H and O–H groups in total. The molecule has 3 aromatic rings. The average Bonchev–Trinajstić information content (AvgIpc) is 3.14. The summed E-state index contributed by atoms with van der Waals surface area (Å²) >= 11 is 0. The first kappa shape index (κ1) is 18.7. The Bertz CT molecular complexity index is 1010. The van der Waals surface area contributed by atoms with E-state index >= 15 is 0 Å². The van der Waals surface area contributed by atoms with Crippen molar-refractivity contribution in [3.8, 4) is 5.75 Å². The first-order chi connectivity index (χ1) is 13.0. The van der Waals surface area contributed by atoms with E-state index in [4.69, 9.17) is 9.15 Å². The van der Waals surface area contributed by atoms with Crippen LogP contribution in [0.3, 0.4) is 0 Å². The zero-order valence-corrected chi connectivity index (χ0v) is 15.7. The number of fused-ring (bicyclic) bond motifs is 1. The Morgan fingerprint density at radius 2 is 2.15 bits per heavy atom. The lowest BCUT2D eigenvalue weighted by molar-refractivity contribution is -0.120. The molecule has 0 spiro atoms. The highest BCUT2D eigenvalue weighted by molar-refractivity contribution is 5.89. The molecule has 1 amide bonds. The fourth-order valence-corrected chi connectivity index (χ4v) is 3.13. The Morgan fingerprint density at radius 3 is 2.85 bits per heavy atom. The first-order valence-electron chi connectivity index (χ1n) is 8.83. The zero-order valence-electron chi connectivity index (χ0n) is 15.7. The van der Waals surface area contributed by atoms with Crippen LogP contribution in [-0.4, -0.2) is 29.1 Å². The number of ether oxygens (including phenoxy) is 1. The van der Waals surface area contributed by atoms with Crippen LogP contribution in [0, 0.1) is 13.8 Å². The predicted molar refractivity (Wildman–Crippen MR) is 102 cm³/mol. The van der Waals surface area contributed by atoms with Crippen LogP contribution in [-0.2, 0) is 17.8 Å². The lowest BCUT2D eigenvalue weighted by Crippen LogP contribution is -2.29. The summed E-state index contributed by atoms with van der Waals surface area (Å²) in [6, 6.07) is 3.68. The number of carbonyl (C=O) groups is 1. The van der Waals surface area contributed by atoms with Gasteiger partial charge in [0.25, 0.3) is 0 Å². The van der Waals surface area contributed by atoms with E-state index in [-0.39, 0.29) is 12.3 Å². The number of benzene rings is 1. The Kier molecular flexibility index (Phi) is 5.59. The van der Waals surface area contributed by atoms with Gasteiger partial charge in [0.2, 0.25) is 5.91 Å². The molecule has 0 unspecified atom stereocenters. The van der Waals surface area contributed by atoms with Gasteiger partial charge in [-0.2, -0.15) is 0 Å². The molecule has 2 heterocycles. The minimum absolute atomic E-state index is 0.0216. The van der Waals surface area contributed by atoms with E-state index < -0.39 is 5.63 Å². The fraction of sp³-hybridized carbons (Fsp3) is 0.350. The average molecular weight is 369 g/mol. The van der Waals surface area contributed by atoms with Crippen LogP contribution in [0.5, 0.6) is 5.75 Å². The molecule has 0 saturated carbocycles. The summed E-state index contributed by atoms with van der Waals surface area (Å²) in [4.78, 5) is 28.6. The number of carbonyl (C=O) groups excluding carboxylic acids is 1. The van der Waals surface area contributed by atoms with E-state index in [1.807, 2.05) is 30.7 Å². The van der Waals surface area contributed by atoms with Crippen molar-refractivity contribution < 1.29 is 13.9 Å². The Hall–Kier alpha value is -3.09. The minimum Gasteiger partial charge on any atom is -0.496 e. The summed E-state index contributed by atoms with van der Waals surface area (Å²) in [5.74, 6) is 0.426. The third kappa shape index (κ3) is 4.19. The highest BCUT2D eigenvalue weighted by Gasteiger charge is 2.17. The van der Waals surface area contributed by atoms with Gasteiger partial charge in [-0.3, -0.25) is 4.79 Å². The van der Waals surface area contributed by atoms with Gasteiger partial charge in [-0.05, 0) is 43.5 Å². The molecule has 0 aliphatic rings. The SMILES string of the molecule is COc1cc(C)cc2oc(=O)c(CC(=O)NCCCn3ccnc3)c(C)c12. The van der Waals surface area contributed by atoms with Crippen molar-refractivity contribution in [1.82, 2.24) is 14.9 Å². The number of aryl methyl sites for hydroxylation is 3. The second-order valence-corrected chi connectivity index (χ2v) is 6.51. The lowest BCUT2D eigenvalue weighted by Gasteiger charge is -2.12. The molecule has 27 heavy (non-hydrogen) atoms. The topological polar surface area (TPSA) is 86.4 Å². The standard InChI is InChI=1S/C20H23N3O4/c1-13-9-16(26-3)19-14(2)15(20(25)27-17(19)10-13)11-18(24)22-5-4-7-23-8-6-21-12-23/h6,8-10,12H,4-5,7,11H2,1-3H3,(H,22,24). The molecule has 3 rings (SSSR count). The third-order valence-electron chi connectivity index (χ3n) is 4.52. The molecular weight excluding hydrogens is 346 g/mol. The normalized spacial score (nSPS) is 10.9. The molecule has 7 nitrogen and oxygen atoms in total. The van der Waals surface area contributed by atoms with Crippen molar-refractivity contribution in [2.24, 2.45) is 0 Å². The van der Waals surface area contributed by atoms with E-state index in [1.165, 1.54) is 0 Å². The van der Waals surface area contributed by atoms with Gasteiger partial charge in [0.1, 0.15) is 11.3 Å². The Morgan fingerprint density at radius 1 is 1.33 bits per heavy atom. The molecule has 2 aromatic heterocycles. The van der Waals surface area contributed by atoms with E-state index in [1.54, 1.807) is 25.7 Å². The summed E-state index contributed by atoms with van der Waals surface area (Å²) < 4.78 is 12.8. The van der Waals surface area contributed by atoms with E-state index in [2.05, 4.69) is 10.3 Å². The van der Waals surface area contributed by atoms with Crippen molar-refractivity contribution in [1.29, 1.82) is 0 Å². The highest BCUT2D eigenvalue weighted by atomic mass is 16.5. The van der Waals surface area contributed by atoms with Gasteiger partial charge < -0.3 is 19.0 Å². The van der Waals surface area contributed by atoms with E-state index in [0.29, 0.717) is 29.0 Å². The molecule has 7 heteroatoms. The number of amides is 1. The summed E-state index contributed by atoms with van der Waals surface area (Å²) in [5.41, 5.74) is 1.99. The van der Waals surface area contributed by atoms with Gasteiger partial charge >= 0.3 is 5.63 Å². The van der Waals surface area contributed by atoms with Crippen molar-refractivity contribution in [2.45, 2.75) is 33.2 Å². The summed E-state index contributed by atoms with van der Waals surface area (Å²) in [6.45, 7) is 5.02. The number of rotatable bonds is 7. The molecule has 142 valence electrons. The van der Waals surface area contributed by atoms with E-state index in [0.717, 1.165) is 23.9 Å². The molecule has 0 aliphatic carbocycles. The van der Waals surface area contributed by atoms with Crippen LogP contribution >= 0.6 is 0 Å². The van der Waals surface area contributed by atoms with Crippen LogP contribution in [0.1, 0.15) is 23.1 Å². The monoisotopic (exact) mass is 369 g/mol. The molecule has 0 fully saturated rings. The largest absolute Gasteiger partial charge is 0.496 e. The van der Waals surface area contributed by atoms with Gasteiger partial charge in [-0.25, -0.2) is 9.78 Å². The fourth-order valence-electron chi connectivity index (χ4n) is 3.13. The summed E-state index contributed by atoms with van der Waals surface area (Å²) in [7, 11) is 1.57. The number of imidazole rings is 1. The number of methoxy groups -OCH3 is 1. The van der Waals surface area contributed by atoms with Crippen molar-refractivity contribution in [3.63, 3.8) is 0 Å². The molecule has 0 aliphatic heterocycles. The van der Waals surface area contributed by atoms with Gasteiger partial charge in [-0.1, -0.05) is 0 Å². The maximum absolute atomic E-state index is 12.4. The number of aromatic nitrogens is 2. The maximum atomic E-state index is 12.4. The number of hydrogen-bond donors (Lipinski definition) is 1. The molecule has 0 atom stereocenters. The Balaban J connectivity index is 1.73. The second-order valence-electron chi connectivity index (χ2n) is 6.51. The molecule has 0 bridgehead atoms. The minimum atomic E-state index is -0.485. The van der Waals surface area contributed by atoms with Crippen molar-refractivity contribution in [2.75, 3.05) is 13.7 Å². The van der Waals surface area contributed by atoms with Crippen LogP contribution in [0.15, 0.2) is 40.1 Å². The second kappa shape index (κ2) is 8.07. The quantitative estimate of drug-likeness (QED) is 0.510. The van der Waals surface area contributed by atoms with Gasteiger partial charge in [0, 0.05) is 25.5 Å². The third-order valence-corrected chi connectivity index (χ3v) is 4.52. The van der Waals surface area contributed by atoms with Crippen LogP contribution < -0.4 is 15.7 Å². The van der Waals surface area contributed by atoms with Crippen LogP contribution in [0.4, 0.5) is 0 Å². The maximum Gasteiger partial charge on any atom is 0.340 e. The van der Waals surface area contributed by atoms with Gasteiger partial charge in [-0.15, -0.1) is 0 Å². The van der Waals surface area contributed by atoms with E-state index in [9.17, 15) is 9.59 Å². The number of nitrogens with zero attached hydrogens (tertiary/aromatic N) is 2. The molecular formula is C20H23N3O4. The zero-order chi connectivity index (χ0) is 19.4. The smallest absolute Gasteiger partial charge is 0.340 e. The van der Waals surface area contributed by atoms with Crippen molar-refractivity contribution in [3.05, 3.63) is 58.0 Å². The van der Waals surface area contributed by atoms with Crippen LogP contribution in [0.25, 0.3) is 11.0 Å². The highest BCUT2D eigenvalue weighted by Crippen LogP contribution is 2.30. The van der Waals surface area contributed by atoms with Gasteiger partial charge in [0.05, 0.1) is 30.8 Å². The van der Waals surface area contributed by atoms with Crippen molar-refractivity contribution >= 4 is 16.9 Å².